The highest BCUT2D eigenvalue weighted by atomic mass is 16.6. The lowest BCUT2D eigenvalue weighted by atomic mass is 10.1. The zero-order chi connectivity index (χ0) is 17.9. The molecule has 2 aromatic rings. The van der Waals surface area contributed by atoms with E-state index in [-0.39, 0.29) is 5.69 Å². The van der Waals surface area contributed by atoms with Crippen LogP contribution >= 0.6 is 0 Å². The van der Waals surface area contributed by atoms with Gasteiger partial charge in [0.15, 0.2) is 5.56 Å². The monoisotopic (exact) mass is 332 g/mol. The van der Waals surface area contributed by atoms with Crippen molar-refractivity contribution in [2.75, 3.05) is 5.32 Å². The molecule has 0 aliphatic carbocycles. The second kappa shape index (κ2) is 6.48. The molecule has 2 rings (SSSR count). The van der Waals surface area contributed by atoms with Gasteiger partial charge in [0.25, 0.3) is 23.0 Å². The molecule has 0 saturated heterocycles. The molecule has 0 fully saturated rings. The fourth-order valence-electron chi connectivity index (χ4n) is 1.94. The average molecular weight is 332 g/mol. The highest BCUT2D eigenvalue weighted by Crippen LogP contribution is 2.34. The highest BCUT2D eigenvalue weighted by Gasteiger charge is 2.34. The van der Waals surface area contributed by atoms with Crippen molar-refractivity contribution in [3.63, 3.8) is 0 Å². The van der Waals surface area contributed by atoms with Crippen molar-refractivity contribution in [1.29, 1.82) is 0 Å². The lowest BCUT2D eigenvalue weighted by Gasteiger charge is -2.06. The van der Waals surface area contributed by atoms with Crippen molar-refractivity contribution < 1.29 is 19.6 Å². The summed E-state index contributed by atoms with van der Waals surface area (Å²) in [6, 6.07) is 8.77. The van der Waals surface area contributed by atoms with E-state index in [2.05, 4.69) is 5.32 Å². The van der Waals surface area contributed by atoms with E-state index in [9.17, 15) is 35.1 Å². The van der Waals surface area contributed by atoms with Crippen LogP contribution < -0.4 is 5.32 Å². The molecule has 0 aliphatic heterocycles. The van der Waals surface area contributed by atoms with Gasteiger partial charge in [0.2, 0.25) is 0 Å². The van der Waals surface area contributed by atoms with Gasteiger partial charge >= 0.3 is 0 Å². The predicted octanol–water partition coefficient (Wildman–Crippen LogP) is 2.66. The zero-order valence-electron chi connectivity index (χ0n) is 11.7. The summed E-state index contributed by atoms with van der Waals surface area (Å²) in [5.74, 6) is -1.12. The number of nitrogens with one attached hydrogen (secondary N) is 1. The Balaban J connectivity index is 2.62. The number of benzene rings is 2. The summed E-state index contributed by atoms with van der Waals surface area (Å²) < 4.78 is 0. The number of nitrogens with zero attached hydrogens (tertiary/aromatic N) is 3. The summed E-state index contributed by atoms with van der Waals surface area (Å²) in [5, 5.41) is 35.3. The van der Waals surface area contributed by atoms with E-state index in [1.807, 2.05) is 0 Å². The summed E-state index contributed by atoms with van der Waals surface area (Å²) in [6.07, 6.45) is 0. The van der Waals surface area contributed by atoms with E-state index in [0.717, 1.165) is 0 Å². The van der Waals surface area contributed by atoms with Gasteiger partial charge in [-0.1, -0.05) is 18.2 Å². The van der Waals surface area contributed by atoms with Crippen LogP contribution in [0.25, 0.3) is 0 Å². The van der Waals surface area contributed by atoms with Crippen LogP contribution in [0.3, 0.4) is 0 Å². The minimum Gasteiger partial charge on any atom is -0.322 e. The number of hydrogen-bond donors (Lipinski definition) is 1. The Morgan fingerprint density at radius 2 is 1.33 bits per heavy atom. The van der Waals surface area contributed by atoms with Gasteiger partial charge in [-0.3, -0.25) is 35.1 Å². The molecule has 11 nitrogen and oxygen atoms in total. The highest BCUT2D eigenvalue weighted by molar-refractivity contribution is 6.10. The average Bonchev–Trinajstić information content (AvgIpc) is 2.54. The molecule has 0 spiro atoms. The van der Waals surface area contributed by atoms with Crippen LogP contribution in [0.15, 0.2) is 42.5 Å². The van der Waals surface area contributed by atoms with Crippen LogP contribution in [0.1, 0.15) is 10.4 Å². The van der Waals surface area contributed by atoms with Gasteiger partial charge in [-0.15, -0.1) is 0 Å². The Kier molecular flexibility index (Phi) is 4.45. The molecule has 1 amide bonds. The first-order chi connectivity index (χ1) is 11.3. The van der Waals surface area contributed by atoms with Crippen LogP contribution in [0.5, 0.6) is 0 Å². The molecule has 0 heterocycles. The van der Waals surface area contributed by atoms with Crippen molar-refractivity contribution >= 4 is 28.7 Å². The summed E-state index contributed by atoms with van der Waals surface area (Å²) in [6.45, 7) is 0. The topological polar surface area (TPSA) is 159 Å². The molecule has 122 valence electrons. The number of carbonyl (C=O) groups is 1. The molecule has 0 radical (unpaired) electrons. The molecule has 0 atom stereocenters. The Morgan fingerprint density at radius 1 is 0.833 bits per heavy atom. The minimum atomic E-state index is -1.12. The lowest BCUT2D eigenvalue weighted by Crippen LogP contribution is -2.16. The predicted molar refractivity (Wildman–Crippen MR) is 80.8 cm³/mol. The Hall–Kier alpha value is -3.89. The van der Waals surface area contributed by atoms with Crippen LogP contribution in [-0.2, 0) is 0 Å². The third-order valence-electron chi connectivity index (χ3n) is 2.94. The Bertz CT molecular complexity index is 816. The number of carbonyl (C=O) groups excluding carboxylic acids is 1. The first-order valence-electron chi connectivity index (χ1n) is 6.29. The molecule has 11 heteroatoms. The number of nitro benzene ring substituents is 3. The maximum absolute atomic E-state index is 12.3. The third kappa shape index (κ3) is 3.30. The summed E-state index contributed by atoms with van der Waals surface area (Å²) in [7, 11) is 0. The second-order valence-corrected chi connectivity index (χ2v) is 4.45. The van der Waals surface area contributed by atoms with E-state index < -0.39 is 43.3 Å². The fourth-order valence-corrected chi connectivity index (χ4v) is 1.94. The molecule has 2 aromatic carbocycles. The number of hydrogen-bond acceptors (Lipinski definition) is 7. The SMILES string of the molecule is O=C(Nc1ccccc1)c1c([N+](=O)[O-])cc([N+](=O)[O-])cc1[N+](=O)[O-]. The molecule has 0 unspecified atom stereocenters. The summed E-state index contributed by atoms with van der Waals surface area (Å²) in [5.41, 5.74) is -3.51. The minimum absolute atomic E-state index is 0.254. The van der Waals surface area contributed by atoms with Gasteiger partial charge in [0.1, 0.15) is 0 Å². The van der Waals surface area contributed by atoms with Gasteiger partial charge in [0, 0.05) is 5.69 Å². The fraction of sp³-hybridized carbons (Fsp3) is 0. The van der Waals surface area contributed by atoms with Crippen LogP contribution in [0.4, 0.5) is 22.7 Å². The lowest BCUT2D eigenvalue weighted by molar-refractivity contribution is -0.403. The number of nitro groups is 3. The largest absolute Gasteiger partial charge is 0.322 e. The van der Waals surface area contributed by atoms with Gasteiger partial charge in [-0.25, -0.2) is 0 Å². The number of para-hydroxylation sites is 1. The van der Waals surface area contributed by atoms with E-state index >= 15 is 0 Å². The normalized spacial score (nSPS) is 10.0. The van der Waals surface area contributed by atoms with E-state index in [0.29, 0.717) is 12.1 Å². The molecule has 0 saturated carbocycles. The number of non-ortho nitro benzene ring substituents is 1. The smallest absolute Gasteiger partial charge is 0.296 e. The maximum Gasteiger partial charge on any atom is 0.296 e. The van der Waals surface area contributed by atoms with E-state index in [4.69, 9.17) is 0 Å². The Labute approximate surface area is 133 Å². The molecule has 0 aromatic heterocycles. The molecule has 0 bridgehead atoms. The standard InChI is InChI=1S/C13H8N4O7/c18-13(14-8-4-2-1-3-5-8)12-10(16(21)22)6-9(15(19)20)7-11(12)17(23)24/h1-7H,(H,14,18). The number of amides is 1. The maximum atomic E-state index is 12.3. The van der Waals surface area contributed by atoms with Crippen LogP contribution in [0, 0.1) is 30.3 Å². The second-order valence-electron chi connectivity index (χ2n) is 4.45. The quantitative estimate of drug-likeness (QED) is 0.650. The Morgan fingerprint density at radius 3 is 1.75 bits per heavy atom. The third-order valence-corrected chi connectivity index (χ3v) is 2.94. The van der Waals surface area contributed by atoms with Crippen LogP contribution in [-0.4, -0.2) is 20.7 Å². The zero-order valence-corrected chi connectivity index (χ0v) is 11.7. The van der Waals surface area contributed by atoms with Gasteiger partial charge in [0.05, 0.1) is 26.9 Å². The number of rotatable bonds is 5. The molecular weight excluding hydrogens is 324 g/mol. The van der Waals surface area contributed by atoms with Crippen molar-refractivity contribution in [2.24, 2.45) is 0 Å². The van der Waals surface area contributed by atoms with Crippen molar-refractivity contribution in [1.82, 2.24) is 0 Å². The molecule has 0 aliphatic rings. The van der Waals surface area contributed by atoms with Crippen molar-refractivity contribution in [2.45, 2.75) is 0 Å². The van der Waals surface area contributed by atoms with Gasteiger partial charge in [-0.2, -0.15) is 0 Å². The van der Waals surface area contributed by atoms with E-state index in [1.165, 1.54) is 12.1 Å². The van der Waals surface area contributed by atoms with Crippen LogP contribution in [0.2, 0.25) is 0 Å². The molecular formula is C13H8N4O7. The van der Waals surface area contributed by atoms with Gasteiger partial charge < -0.3 is 5.32 Å². The molecule has 24 heavy (non-hydrogen) atoms. The first-order valence-corrected chi connectivity index (χ1v) is 6.29. The summed E-state index contributed by atoms with van der Waals surface area (Å²) in [4.78, 5) is 42.1. The summed E-state index contributed by atoms with van der Waals surface area (Å²) >= 11 is 0. The van der Waals surface area contributed by atoms with E-state index in [1.54, 1.807) is 18.2 Å². The first kappa shape index (κ1) is 16.5. The van der Waals surface area contributed by atoms with Crippen molar-refractivity contribution in [3.05, 3.63) is 78.4 Å². The van der Waals surface area contributed by atoms with Gasteiger partial charge in [-0.05, 0) is 12.1 Å². The number of anilines is 1. The van der Waals surface area contributed by atoms with Crippen molar-refractivity contribution in [3.8, 4) is 0 Å². The molecule has 1 N–H and O–H groups in total.